The monoisotopic (exact) mass is 310 g/mol. The average Bonchev–Trinajstić information content (AvgIpc) is 3.20. The van der Waals surface area contributed by atoms with Gasteiger partial charge in [0.25, 0.3) is 5.91 Å². The number of hydrogen-bond donors (Lipinski definition) is 1. The van der Waals surface area contributed by atoms with Gasteiger partial charge in [0.2, 0.25) is 0 Å². The molecule has 5 nitrogen and oxygen atoms in total. The summed E-state index contributed by atoms with van der Waals surface area (Å²) in [6, 6.07) is 1.87. The van der Waals surface area contributed by atoms with Gasteiger partial charge in [-0.15, -0.1) is 0 Å². The zero-order valence-electron chi connectivity index (χ0n) is 13.8. The van der Waals surface area contributed by atoms with Gasteiger partial charge in [-0.05, 0) is 50.5 Å². The first-order chi connectivity index (χ1) is 11.0. The lowest BCUT2D eigenvalue weighted by molar-refractivity contribution is 0.0946. The van der Waals surface area contributed by atoms with Crippen molar-refractivity contribution in [1.82, 2.24) is 20.1 Å². The highest BCUT2D eigenvalue weighted by atomic mass is 16.1. The molecule has 0 saturated heterocycles. The standard InChI is InChI=1S/C18H22N4O/c1-10-6-15(16-11(2)21-22(3)17(16)20-10)18(23)19-9-14-8-12-4-5-13(14)7-12/h4-6,12-14H,7-9H2,1-3H3,(H,19,23)/t12-,13-,14-/m0/s1. The molecule has 2 aliphatic rings. The molecule has 2 bridgehead atoms. The molecule has 0 spiro atoms. The lowest BCUT2D eigenvalue weighted by atomic mass is 9.93. The summed E-state index contributed by atoms with van der Waals surface area (Å²) in [5.41, 5.74) is 3.16. The fourth-order valence-electron chi connectivity index (χ4n) is 4.20. The predicted octanol–water partition coefficient (Wildman–Crippen LogP) is 2.53. The number of carbonyl (C=O) groups excluding carboxylic acids is 1. The molecule has 2 aromatic heterocycles. The molecule has 2 aliphatic carbocycles. The number of carbonyl (C=O) groups is 1. The van der Waals surface area contributed by atoms with Crippen LogP contribution in [0.2, 0.25) is 0 Å². The minimum absolute atomic E-state index is 0.0108. The molecule has 120 valence electrons. The number of fused-ring (bicyclic) bond motifs is 3. The highest BCUT2D eigenvalue weighted by molar-refractivity contribution is 6.06. The van der Waals surface area contributed by atoms with Gasteiger partial charge in [0.15, 0.2) is 5.65 Å². The summed E-state index contributed by atoms with van der Waals surface area (Å²) in [6.07, 6.45) is 7.13. The van der Waals surface area contributed by atoms with E-state index in [1.54, 1.807) is 4.68 Å². The minimum atomic E-state index is -0.0108. The first-order valence-electron chi connectivity index (χ1n) is 8.30. The van der Waals surface area contributed by atoms with Crippen LogP contribution in [0.5, 0.6) is 0 Å². The normalized spacial score (nSPS) is 25.4. The summed E-state index contributed by atoms with van der Waals surface area (Å²) in [5, 5.41) is 8.42. The van der Waals surface area contributed by atoms with Crippen molar-refractivity contribution in [3.8, 4) is 0 Å². The highest BCUT2D eigenvalue weighted by Crippen LogP contribution is 2.43. The molecule has 1 amide bonds. The quantitative estimate of drug-likeness (QED) is 0.886. The molecule has 3 atom stereocenters. The van der Waals surface area contributed by atoms with Crippen molar-refractivity contribution in [2.45, 2.75) is 26.7 Å². The Bertz CT molecular complexity index is 820. The third-order valence-electron chi connectivity index (χ3n) is 5.28. The van der Waals surface area contributed by atoms with Crippen molar-refractivity contribution < 1.29 is 4.79 Å². The maximum atomic E-state index is 12.7. The third-order valence-corrected chi connectivity index (χ3v) is 5.28. The molecule has 2 heterocycles. The molecule has 1 N–H and O–H groups in total. The lowest BCUT2D eigenvalue weighted by Crippen LogP contribution is -2.31. The molecular formula is C18H22N4O. The number of aromatic nitrogens is 3. The Kier molecular flexibility index (Phi) is 3.25. The number of aryl methyl sites for hydroxylation is 3. The second-order valence-electron chi connectivity index (χ2n) is 6.97. The Balaban J connectivity index is 1.58. The highest BCUT2D eigenvalue weighted by Gasteiger charge is 2.35. The van der Waals surface area contributed by atoms with Crippen molar-refractivity contribution in [2.75, 3.05) is 6.54 Å². The van der Waals surface area contributed by atoms with E-state index in [0.717, 1.165) is 34.9 Å². The minimum Gasteiger partial charge on any atom is -0.352 e. The zero-order chi connectivity index (χ0) is 16.1. The van der Waals surface area contributed by atoms with Crippen LogP contribution in [0.25, 0.3) is 11.0 Å². The van der Waals surface area contributed by atoms with Crippen LogP contribution in [0, 0.1) is 31.6 Å². The number of nitrogens with one attached hydrogen (secondary N) is 1. The Labute approximate surface area is 135 Å². The Hall–Kier alpha value is -2.17. The predicted molar refractivity (Wildman–Crippen MR) is 89.2 cm³/mol. The number of allylic oxidation sites excluding steroid dienone is 2. The number of hydrogen-bond acceptors (Lipinski definition) is 3. The van der Waals surface area contributed by atoms with Gasteiger partial charge in [0.1, 0.15) is 0 Å². The van der Waals surface area contributed by atoms with E-state index in [4.69, 9.17) is 0 Å². The van der Waals surface area contributed by atoms with E-state index in [0.29, 0.717) is 17.4 Å². The van der Waals surface area contributed by atoms with Crippen LogP contribution >= 0.6 is 0 Å². The fraction of sp³-hybridized carbons (Fsp3) is 0.500. The van der Waals surface area contributed by atoms with Crippen LogP contribution in [0.1, 0.15) is 34.6 Å². The number of nitrogens with zero attached hydrogens (tertiary/aromatic N) is 3. The Morgan fingerprint density at radius 1 is 1.35 bits per heavy atom. The van der Waals surface area contributed by atoms with Gasteiger partial charge < -0.3 is 5.32 Å². The lowest BCUT2D eigenvalue weighted by Gasteiger charge is -2.18. The van der Waals surface area contributed by atoms with Crippen molar-refractivity contribution >= 4 is 16.9 Å². The van der Waals surface area contributed by atoms with Crippen molar-refractivity contribution in [1.29, 1.82) is 0 Å². The van der Waals surface area contributed by atoms with Crippen LogP contribution in [-0.4, -0.2) is 27.2 Å². The largest absolute Gasteiger partial charge is 0.352 e. The van der Waals surface area contributed by atoms with Crippen LogP contribution in [0.4, 0.5) is 0 Å². The van der Waals surface area contributed by atoms with Crippen LogP contribution in [0.15, 0.2) is 18.2 Å². The SMILES string of the molecule is Cc1cc(C(=O)NC[C@@H]2C[C@H]3C=C[C@H]2C3)c2c(C)nn(C)c2n1. The maximum Gasteiger partial charge on any atom is 0.252 e. The van der Waals surface area contributed by atoms with Crippen molar-refractivity contribution in [3.63, 3.8) is 0 Å². The van der Waals surface area contributed by atoms with E-state index in [1.165, 1.54) is 12.8 Å². The molecule has 1 fully saturated rings. The van der Waals surface area contributed by atoms with Crippen LogP contribution in [0.3, 0.4) is 0 Å². The zero-order valence-corrected chi connectivity index (χ0v) is 13.8. The molecule has 0 radical (unpaired) electrons. The summed E-state index contributed by atoms with van der Waals surface area (Å²) in [5.74, 6) is 1.96. The summed E-state index contributed by atoms with van der Waals surface area (Å²) in [7, 11) is 1.87. The molecule has 23 heavy (non-hydrogen) atoms. The van der Waals surface area contributed by atoms with Crippen LogP contribution in [-0.2, 0) is 7.05 Å². The Morgan fingerprint density at radius 2 is 2.17 bits per heavy atom. The van der Waals surface area contributed by atoms with Gasteiger partial charge in [-0.1, -0.05) is 12.2 Å². The maximum absolute atomic E-state index is 12.7. The van der Waals surface area contributed by atoms with Gasteiger partial charge in [0.05, 0.1) is 16.6 Å². The molecular weight excluding hydrogens is 288 g/mol. The van der Waals surface area contributed by atoms with E-state index >= 15 is 0 Å². The van der Waals surface area contributed by atoms with Gasteiger partial charge in [-0.25, -0.2) is 4.98 Å². The van der Waals surface area contributed by atoms with E-state index in [9.17, 15) is 4.79 Å². The topological polar surface area (TPSA) is 59.8 Å². The number of pyridine rings is 1. The van der Waals surface area contributed by atoms with Crippen molar-refractivity contribution in [3.05, 3.63) is 35.2 Å². The van der Waals surface area contributed by atoms with E-state index in [-0.39, 0.29) is 5.91 Å². The Morgan fingerprint density at radius 3 is 2.87 bits per heavy atom. The van der Waals surface area contributed by atoms with Gasteiger partial charge in [-0.3, -0.25) is 9.48 Å². The smallest absolute Gasteiger partial charge is 0.252 e. The van der Waals surface area contributed by atoms with E-state index in [1.807, 2.05) is 27.0 Å². The first kappa shape index (κ1) is 14.4. The van der Waals surface area contributed by atoms with E-state index < -0.39 is 0 Å². The second kappa shape index (κ2) is 5.18. The number of amides is 1. The van der Waals surface area contributed by atoms with Gasteiger partial charge in [-0.2, -0.15) is 5.10 Å². The van der Waals surface area contributed by atoms with E-state index in [2.05, 4.69) is 27.6 Å². The number of rotatable bonds is 3. The summed E-state index contributed by atoms with van der Waals surface area (Å²) in [6.45, 7) is 4.60. The molecule has 5 heteroatoms. The molecule has 0 unspecified atom stereocenters. The van der Waals surface area contributed by atoms with Crippen molar-refractivity contribution in [2.24, 2.45) is 24.8 Å². The molecule has 2 aromatic rings. The molecule has 4 rings (SSSR count). The van der Waals surface area contributed by atoms with Gasteiger partial charge in [0, 0.05) is 19.3 Å². The fourth-order valence-corrected chi connectivity index (χ4v) is 4.20. The molecule has 1 saturated carbocycles. The third kappa shape index (κ3) is 2.35. The van der Waals surface area contributed by atoms with Crippen LogP contribution < -0.4 is 5.32 Å². The first-order valence-corrected chi connectivity index (χ1v) is 8.30. The van der Waals surface area contributed by atoms with Gasteiger partial charge >= 0.3 is 0 Å². The molecule has 0 aromatic carbocycles. The molecule has 0 aliphatic heterocycles. The summed E-state index contributed by atoms with van der Waals surface area (Å²) in [4.78, 5) is 17.3. The summed E-state index contributed by atoms with van der Waals surface area (Å²) >= 11 is 0. The summed E-state index contributed by atoms with van der Waals surface area (Å²) < 4.78 is 1.75. The average molecular weight is 310 g/mol. The second-order valence-corrected chi connectivity index (χ2v) is 6.97.